The number of allylic oxidation sites excluding steroid dienone is 1. The first kappa shape index (κ1) is 22.2. The number of carbonyl (C=O) groups is 3. The van der Waals surface area contributed by atoms with Crippen molar-refractivity contribution in [2.24, 2.45) is 17.8 Å². The predicted molar refractivity (Wildman–Crippen MR) is 144 cm³/mol. The van der Waals surface area contributed by atoms with Gasteiger partial charge < -0.3 is 4.74 Å². The summed E-state index contributed by atoms with van der Waals surface area (Å²) in [6.45, 7) is 0. The van der Waals surface area contributed by atoms with Crippen LogP contribution in [0.25, 0.3) is 16.3 Å². The number of fused-ring (bicyclic) bond motifs is 7. The molecule has 0 bridgehead atoms. The highest BCUT2D eigenvalue weighted by Crippen LogP contribution is 2.55. The third-order valence-electron chi connectivity index (χ3n) is 7.74. The second-order valence-electron chi connectivity index (χ2n) is 9.66. The maximum Gasteiger partial charge on any atom is 0.319 e. The van der Waals surface area contributed by atoms with E-state index < -0.39 is 23.7 Å². The number of hydrogen-bond donors (Lipinski definition) is 0. The lowest BCUT2D eigenvalue weighted by molar-refractivity contribution is -0.142. The number of benzene rings is 4. The molecule has 0 saturated carbocycles. The van der Waals surface area contributed by atoms with E-state index >= 15 is 0 Å². The van der Waals surface area contributed by atoms with Gasteiger partial charge in [0, 0.05) is 21.3 Å². The van der Waals surface area contributed by atoms with Crippen LogP contribution in [0.1, 0.15) is 17.0 Å². The molecule has 0 spiro atoms. The highest BCUT2D eigenvalue weighted by atomic mass is 79.9. The topological polar surface area (TPSA) is 63.7 Å². The zero-order valence-corrected chi connectivity index (χ0v) is 21.1. The summed E-state index contributed by atoms with van der Waals surface area (Å²) < 4.78 is 6.70. The summed E-state index contributed by atoms with van der Waals surface area (Å²) in [6, 6.07) is 28.6. The third-order valence-corrected chi connectivity index (χ3v) is 8.23. The van der Waals surface area contributed by atoms with Crippen LogP contribution in [0.15, 0.2) is 102 Å². The van der Waals surface area contributed by atoms with Crippen LogP contribution in [0.2, 0.25) is 0 Å². The molecule has 2 aliphatic heterocycles. The molecule has 180 valence electrons. The van der Waals surface area contributed by atoms with Gasteiger partial charge in [-0.2, -0.15) is 0 Å². The van der Waals surface area contributed by atoms with E-state index in [1.165, 1.54) is 4.90 Å². The van der Waals surface area contributed by atoms with Gasteiger partial charge in [-0.1, -0.05) is 94.8 Å². The van der Waals surface area contributed by atoms with E-state index in [9.17, 15) is 14.4 Å². The second-order valence-corrected chi connectivity index (χ2v) is 10.6. The van der Waals surface area contributed by atoms with Crippen LogP contribution in [0.3, 0.4) is 0 Å². The highest BCUT2D eigenvalue weighted by Gasteiger charge is 2.60. The van der Waals surface area contributed by atoms with Gasteiger partial charge in [0.2, 0.25) is 11.8 Å². The highest BCUT2D eigenvalue weighted by molar-refractivity contribution is 9.10. The van der Waals surface area contributed by atoms with Gasteiger partial charge in [-0.15, -0.1) is 0 Å². The maximum atomic E-state index is 14.0. The largest absolute Gasteiger partial charge is 0.425 e. The van der Waals surface area contributed by atoms with Crippen LogP contribution >= 0.6 is 15.9 Å². The number of amides is 2. The molecule has 3 aliphatic rings. The average molecular weight is 550 g/mol. The fourth-order valence-electron chi connectivity index (χ4n) is 6.16. The van der Waals surface area contributed by atoms with Crippen LogP contribution in [0.5, 0.6) is 5.75 Å². The number of carbonyl (C=O) groups excluding carboxylic acids is 3. The first-order chi connectivity index (χ1) is 18.0. The molecule has 2 heterocycles. The van der Waals surface area contributed by atoms with Gasteiger partial charge in [-0.3, -0.25) is 14.4 Å². The van der Waals surface area contributed by atoms with E-state index in [0.29, 0.717) is 11.4 Å². The average Bonchev–Trinajstić information content (AvgIpc) is 3.18. The minimum atomic E-state index is -0.858. The first-order valence-electron chi connectivity index (χ1n) is 12.2. The van der Waals surface area contributed by atoms with Gasteiger partial charge in [0.25, 0.3) is 0 Å². The molecular formula is C31H20BrNO4. The summed E-state index contributed by atoms with van der Waals surface area (Å²) in [5, 5.41) is 1.81. The molecule has 2 amide bonds. The van der Waals surface area contributed by atoms with E-state index in [2.05, 4.69) is 15.9 Å². The fourth-order valence-corrected chi connectivity index (χ4v) is 6.55. The summed E-state index contributed by atoms with van der Waals surface area (Å²) in [4.78, 5) is 42.8. The maximum absolute atomic E-state index is 14.0. The lowest BCUT2D eigenvalue weighted by Gasteiger charge is -2.38. The predicted octanol–water partition coefficient (Wildman–Crippen LogP) is 6.12. The number of halogens is 1. The second kappa shape index (κ2) is 8.25. The molecule has 0 aromatic heterocycles. The Balaban J connectivity index is 1.45. The Morgan fingerprint density at radius 2 is 1.51 bits per heavy atom. The van der Waals surface area contributed by atoms with Crippen molar-refractivity contribution < 1.29 is 19.1 Å². The quantitative estimate of drug-likeness (QED) is 0.171. The van der Waals surface area contributed by atoms with Crippen molar-refractivity contribution in [1.29, 1.82) is 0 Å². The molecule has 4 aromatic carbocycles. The zero-order valence-electron chi connectivity index (χ0n) is 19.5. The van der Waals surface area contributed by atoms with E-state index in [4.69, 9.17) is 4.74 Å². The van der Waals surface area contributed by atoms with Gasteiger partial charge >= 0.3 is 5.97 Å². The van der Waals surface area contributed by atoms with Gasteiger partial charge in [0.1, 0.15) is 5.75 Å². The van der Waals surface area contributed by atoms with Crippen molar-refractivity contribution in [2.45, 2.75) is 5.92 Å². The Morgan fingerprint density at radius 3 is 2.32 bits per heavy atom. The molecule has 5 nitrogen and oxygen atoms in total. The van der Waals surface area contributed by atoms with E-state index in [-0.39, 0.29) is 17.7 Å². The SMILES string of the molecule is O=C1Oc2c(ccc3ccccc23)C2=C[C@H](c3ccccc3)[C@@H]3C(=O)N(c4cccc(Br)c4)C(=O)[C@H]3[C@H]12. The number of nitrogens with zero attached hydrogens (tertiary/aromatic N) is 1. The zero-order chi connectivity index (χ0) is 25.3. The van der Waals surface area contributed by atoms with E-state index in [1.54, 1.807) is 18.2 Å². The minimum Gasteiger partial charge on any atom is -0.425 e. The van der Waals surface area contributed by atoms with Gasteiger partial charge in [0.05, 0.1) is 23.4 Å². The molecule has 0 unspecified atom stereocenters. The van der Waals surface area contributed by atoms with Crippen LogP contribution in [-0.4, -0.2) is 17.8 Å². The van der Waals surface area contributed by atoms with Crippen molar-refractivity contribution >= 4 is 55.7 Å². The van der Waals surface area contributed by atoms with Crippen molar-refractivity contribution in [3.05, 3.63) is 113 Å². The lowest BCUT2D eigenvalue weighted by atomic mass is 9.64. The number of imide groups is 1. The Morgan fingerprint density at radius 1 is 0.757 bits per heavy atom. The van der Waals surface area contributed by atoms with E-state index in [0.717, 1.165) is 31.9 Å². The van der Waals surface area contributed by atoms with Crippen molar-refractivity contribution in [3.63, 3.8) is 0 Å². The standard InChI is InChI=1S/C31H20BrNO4/c32-19-10-6-11-20(15-19)33-29(34)25-23(17-7-2-1-3-8-17)16-24-22-14-13-18-9-4-5-12-21(18)28(22)37-31(36)26(24)27(25)30(33)35/h1-16,23,25-27H/t23-,25+,26-,27-/m1/s1. The Bertz CT molecular complexity index is 1660. The third kappa shape index (κ3) is 3.25. The van der Waals surface area contributed by atoms with Crippen LogP contribution in [-0.2, 0) is 14.4 Å². The normalized spacial score (nSPS) is 24.3. The van der Waals surface area contributed by atoms with Gasteiger partial charge in [-0.25, -0.2) is 4.90 Å². The number of ether oxygens (including phenoxy) is 1. The van der Waals surface area contributed by atoms with Crippen molar-refractivity contribution in [3.8, 4) is 5.75 Å². The smallest absolute Gasteiger partial charge is 0.319 e. The lowest BCUT2D eigenvalue weighted by Crippen LogP contribution is -2.42. The summed E-state index contributed by atoms with van der Waals surface area (Å²) >= 11 is 3.44. The number of esters is 1. The summed E-state index contributed by atoms with van der Waals surface area (Å²) in [5.74, 6) is -3.44. The molecule has 4 aromatic rings. The molecule has 6 heteroatoms. The molecular weight excluding hydrogens is 530 g/mol. The molecule has 37 heavy (non-hydrogen) atoms. The minimum absolute atomic E-state index is 0.297. The Kier molecular flexibility index (Phi) is 4.95. The van der Waals surface area contributed by atoms with Crippen LogP contribution in [0.4, 0.5) is 5.69 Å². The molecule has 1 aliphatic carbocycles. The Hall–Kier alpha value is -4.03. The molecule has 4 atom stereocenters. The molecule has 7 rings (SSSR count). The monoisotopic (exact) mass is 549 g/mol. The van der Waals surface area contributed by atoms with Crippen molar-refractivity contribution in [1.82, 2.24) is 0 Å². The molecule has 0 radical (unpaired) electrons. The Labute approximate surface area is 221 Å². The number of rotatable bonds is 2. The summed E-state index contributed by atoms with van der Waals surface area (Å²) in [5.41, 5.74) is 2.97. The molecule has 1 saturated heterocycles. The summed E-state index contributed by atoms with van der Waals surface area (Å²) in [7, 11) is 0. The summed E-state index contributed by atoms with van der Waals surface area (Å²) in [6.07, 6.45) is 2.02. The van der Waals surface area contributed by atoms with Crippen LogP contribution in [0, 0.1) is 17.8 Å². The molecule has 0 N–H and O–H groups in total. The van der Waals surface area contributed by atoms with Gasteiger partial charge in [-0.05, 0) is 34.7 Å². The van der Waals surface area contributed by atoms with Gasteiger partial charge in [0.15, 0.2) is 0 Å². The van der Waals surface area contributed by atoms with Crippen molar-refractivity contribution in [2.75, 3.05) is 4.90 Å². The molecule has 1 fully saturated rings. The number of hydrogen-bond acceptors (Lipinski definition) is 4. The van der Waals surface area contributed by atoms with E-state index in [1.807, 2.05) is 78.9 Å². The number of anilines is 1. The van der Waals surface area contributed by atoms with Crippen LogP contribution < -0.4 is 9.64 Å². The first-order valence-corrected chi connectivity index (χ1v) is 13.0. The fraction of sp³-hybridized carbons (Fsp3) is 0.129.